The van der Waals surface area contributed by atoms with Crippen molar-refractivity contribution in [2.45, 2.75) is 62.3 Å². The zero-order valence-corrected chi connectivity index (χ0v) is 31.1. The molecular weight excluding hydrogens is 681 g/mol. The van der Waals surface area contributed by atoms with E-state index in [1.807, 2.05) is 39.9 Å². The number of benzene rings is 3. The summed E-state index contributed by atoms with van der Waals surface area (Å²) >= 11 is 7.84. The summed E-state index contributed by atoms with van der Waals surface area (Å²) in [4.78, 5) is 6.59. The van der Waals surface area contributed by atoms with E-state index >= 15 is 4.39 Å². The van der Waals surface area contributed by atoms with E-state index in [4.69, 9.17) is 21.3 Å². The predicted octanol–water partition coefficient (Wildman–Crippen LogP) is 7.72. The van der Waals surface area contributed by atoms with Gasteiger partial charge in [0.05, 0.1) is 52.3 Å². The van der Waals surface area contributed by atoms with Crippen molar-refractivity contribution in [3.63, 3.8) is 0 Å². The second-order valence-electron chi connectivity index (χ2n) is 13.8. The number of methoxy groups -OCH3 is 1. The Morgan fingerprint density at radius 2 is 1.73 bits per heavy atom. The number of thioether (sulfide) groups is 1. The molecule has 0 saturated carbocycles. The zero-order chi connectivity index (χ0) is 35.6. The van der Waals surface area contributed by atoms with E-state index < -0.39 is 32.9 Å². The summed E-state index contributed by atoms with van der Waals surface area (Å²) < 4.78 is 78.6. The number of sulfonamides is 1. The summed E-state index contributed by atoms with van der Waals surface area (Å²) in [6, 6.07) is 12.5. The molecule has 3 aromatic carbocycles. The Morgan fingerprint density at radius 3 is 2.31 bits per heavy atom. The molecule has 3 aromatic rings. The minimum absolute atomic E-state index is 0.00152. The van der Waals surface area contributed by atoms with Crippen molar-refractivity contribution in [3.05, 3.63) is 88.2 Å². The van der Waals surface area contributed by atoms with Gasteiger partial charge in [-0.2, -0.15) is 4.31 Å². The summed E-state index contributed by atoms with van der Waals surface area (Å²) in [7, 11) is 3.52. The van der Waals surface area contributed by atoms with E-state index in [0.717, 1.165) is 18.2 Å². The second kappa shape index (κ2) is 15.0. The van der Waals surface area contributed by atoms with Crippen LogP contribution in [0.15, 0.2) is 64.5 Å². The third-order valence-electron chi connectivity index (χ3n) is 8.60. The van der Waals surface area contributed by atoms with Crippen LogP contribution in [0.2, 0.25) is 5.02 Å². The molecule has 0 aliphatic carbocycles. The van der Waals surface area contributed by atoms with Crippen LogP contribution in [0.3, 0.4) is 0 Å². The van der Waals surface area contributed by atoms with Crippen LogP contribution in [0.4, 0.5) is 18.9 Å². The molecular formula is C35H45ClF3N4O3S2+. The number of ether oxygens (including phenoxy) is 1. The van der Waals surface area contributed by atoms with Crippen molar-refractivity contribution >= 4 is 44.2 Å². The average molecular weight is 726 g/mol. The Bertz CT molecular complexity index is 1720. The van der Waals surface area contributed by atoms with Crippen LogP contribution in [0.25, 0.3) is 0 Å². The molecule has 1 heterocycles. The smallest absolute Gasteiger partial charge is 0.243 e. The van der Waals surface area contributed by atoms with Gasteiger partial charge in [0.15, 0.2) is 16.7 Å². The molecule has 262 valence electrons. The van der Waals surface area contributed by atoms with Crippen molar-refractivity contribution < 1.29 is 30.8 Å². The maximum Gasteiger partial charge on any atom is 0.243 e. The molecule has 0 fully saturated rings. The third-order valence-corrected chi connectivity index (χ3v) is 12.0. The van der Waals surface area contributed by atoms with Crippen LogP contribution < -0.4 is 9.64 Å². The van der Waals surface area contributed by atoms with Gasteiger partial charge in [-0.25, -0.2) is 21.6 Å². The van der Waals surface area contributed by atoms with Crippen LogP contribution in [-0.4, -0.2) is 82.3 Å². The van der Waals surface area contributed by atoms with Gasteiger partial charge in [0.2, 0.25) is 10.0 Å². The lowest BCUT2D eigenvalue weighted by Gasteiger charge is -2.39. The number of halogens is 4. The highest BCUT2D eigenvalue weighted by molar-refractivity contribution is 8.13. The Morgan fingerprint density at radius 1 is 1.06 bits per heavy atom. The Labute approximate surface area is 292 Å². The van der Waals surface area contributed by atoms with E-state index in [1.54, 1.807) is 38.1 Å². The van der Waals surface area contributed by atoms with Crippen molar-refractivity contribution in [2.75, 3.05) is 52.8 Å². The van der Waals surface area contributed by atoms with Gasteiger partial charge in [0.25, 0.3) is 0 Å². The van der Waals surface area contributed by atoms with Crippen LogP contribution >= 0.6 is 23.4 Å². The third kappa shape index (κ3) is 8.50. The van der Waals surface area contributed by atoms with E-state index in [1.165, 1.54) is 47.4 Å². The number of hydrogen-bond acceptors (Lipinski definition) is 6. The molecule has 1 atom stereocenters. The van der Waals surface area contributed by atoms with Crippen molar-refractivity contribution in [2.24, 2.45) is 4.99 Å². The van der Waals surface area contributed by atoms with Crippen LogP contribution in [0.5, 0.6) is 5.75 Å². The molecule has 0 aromatic heterocycles. The molecule has 13 heteroatoms. The lowest BCUT2D eigenvalue weighted by molar-refractivity contribution is -0.870. The number of amidine groups is 1. The Hall–Kier alpha value is -2.77. The van der Waals surface area contributed by atoms with Gasteiger partial charge in [-0.3, -0.25) is 4.99 Å². The first-order valence-corrected chi connectivity index (χ1v) is 18.5. The molecule has 0 saturated heterocycles. The average Bonchev–Trinajstić information content (AvgIpc) is 3.43. The normalized spacial score (nSPS) is 15.8. The fraction of sp³-hybridized carbons (Fsp3) is 0.457. The SMILES string of the molecule is COc1cc(C(C)(C)C2CN=C(SCc3c(F)cc(S(=O)(=O)N(CCC[N+](C)(C)C)C(C)C)cc3Cl)N2c2ccc(F)cc2)ccc1F. The molecule has 0 spiro atoms. The minimum Gasteiger partial charge on any atom is -0.494 e. The molecule has 0 radical (unpaired) electrons. The number of hydrogen-bond donors (Lipinski definition) is 0. The number of quaternary nitrogens is 1. The number of nitrogens with zero attached hydrogens (tertiary/aromatic N) is 4. The van der Waals surface area contributed by atoms with E-state index in [2.05, 4.69) is 0 Å². The molecule has 0 bridgehead atoms. The van der Waals surface area contributed by atoms with Gasteiger partial charge in [-0.05, 0) is 67.9 Å². The first-order chi connectivity index (χ1) is 22.4. The quantitative estimate of drug-likeness (QED) is 0.169. The van der Waals surface area contributed by atoms with E-state index in [9.17, 15) is 17.2 Å². The number of aliphatic imine (C=N–C) groups is 1. The van der Waals surface area contributed by atoms with Crippen LogP contribution in [-0.2, 0) is 21.2 Å². The second-order valence-corrected chi connectivity index (χ2v) is 17.0. The maximum absolute atomic E-state index is 15.7. The summed E-state index contributed by atoms with van der Waals surface area (Å²) in [5, 5.41) is 0.558. The Balaban J connectivity index is 1.60. The summed E-state index contributed by atoms with van der Waals surface area (Å²) in [6.45, 7) is 9.06. The summed E-state index contributed by atoms with van der Waals surface area (Å²) in [5.74, 6) is -1.40. The van der Waals surface area contributed by atoms with Crippen LogP contribution in [0, 0.1) is 17.5 Å². The summed E-state index contributed by atoms with van der Waals surface area (Å²) in [5.41, 5.74) is 1.06. The zero-order valence-electron chi connectivity index (χ0n) is 28.7. The van der Waals surface area contributed by atoms with Gasteiger partial charge in [-0.15, -0.1) is 0 Å². The minimum atomic E-state index is -4.02. The first-order valence-electron chi connectivity index (χ1n) is 15.7. The van der Waals surface area contributed by atoms with Gasteiger partial charge in [-0.1, -0.05) is 43.3 Å². The van der Waals surface area contributed by atoms with Gasteiger partial charge in [0.1, 0.15) is 11.6 Å². The molecule has 0 amide bonds. The lowest BCUT2D eigenvalue weighted by Crippen LogP contribution is -2.48. The molecule has 48 heavy (non-hydrogen) atoms. The fourth-order valence-electron chi connectivity index (χ4n) is 5.76. The maximum atomic E-state index is 15.7. The highest BCUT2D eigenvalue weighted by Crippen LogP contribution is 2.40. The molecule has 7 nitrogen and oxygen atoms in total. The molecule has 0 N–H and O–H groups in total. The molecule has 1 aliphatic heterocycles. The van der Waals surface area contributed by atoms with E-state index in [0.29, 0.717) is 34.8 Å². The highest BCUT2D eigenvalue weighted by Gasteiger charge is 2.42. The van der Waals surface area contributed by atoms with Crippen molar-refractivity contribution in [1.29, 1.82) is 0 Å². The van der Waals surface area contributed by atoms with Crippen molar-refractivity contribution in [1.82, 2.24) is 4.31 Å². The Kier molecular flexibility index (Phi) is 11.9. The molecule has 4 rings (SSSR count). The fourth-order valence-corrected chi connectivity index (χ4v) is 9.00. The van der Waals surface area contributed by atoms with Crippen molar-refractivity contribution in [3.8, 4) is 5.75 Å². The summed E-state index contributed by atoms with van der Waals surface area (Å²) in [6.07, 6.45) is 0.644. The first kappa shape index (κ1) is 38.0. The highest BCUT2D eigenvalue weighted by atomic mass is 35.5. The molecule has 1 unspecified atom stereocenters. The standard InChI is InChI=1S/C35H45ClF3N4O3S2/c1-23(2)41(16-9-17-43(5,6)7)48(44,45)27-19-29(36)28(31(39)20-27)22-47-34-40-21-33(42(34)26-13-11-25(37)12-14-26)35(3,4)24-10-15-30(38)32(18-24)46-8/h10-15,18-20,23,33H,9,16-17,21-22H2,1-8H3/q+1. The number of rotatable bonds is 13. The number of anilines is 1. The predicted molar refractivity (Wildman–Crippen MR) is 190 cm³/mol. The molecule has 1 aliphatic rings. The van der Waals surface area contributed by atoms with Gasteiger partial charge < -0.3 is 14.1 Å². The van der Waals surface area contributed by atoms with Gasteiger partial charge in [0, 0.05) is 46.4 Å². The lowest BCUT2D eigenvalue weighted by atomic mass is 9.77. The van der Waals surface area contributed by atoms with Gasteiger partial charge >= 0.3 is 0 Å². The van der Waals surface area contributed by atoms with Crippen LogP contribution in [0.1, 0.15) is 45.2 Å². The van der Waals surface area contributed by atoms with E-state index in [-0.39, 0.29) is 39.1 Å². The monoisotopic (exact) mass is 725 g/mol. The largest absolute Gasteiger partial charge is 0.494 e. The topological polar surface area (TPSA) is 62.2 Å².